The van der Waals surface area contributed by atoms with Crippen LogP contribution in [-0.2, 0) is 0 Å². The van der Waals surface area contributed by atoms with E-state index in [9.17, 15) is 0 Å². The first-order valence-electron chi connectivity index (χ1n) is 7.04. The zero-order valence-corrected chi connectivity index (χ0v) is 11.3. The number of nitrogens with zero attached hydrogens (tertiary/aromatic N) is 1. The fraction of sp³-hybridized carbons (Fsp3) is 0.533. The summed E-state index contributed by atoms with van der Waals surface area (Å²) in [4.78, 5) is 0. The number of nitrogens with two attached hydrogens (primary N) is 1. The SMILES string of the molecule is N/C(CC(NCCC1CCC1)c1ccccc1)=N/O. The Morgan fingerprint density at radius 3 is 2.68 bits per heavy atom. The average Bonchev–Trinajstić information content (AvgIpc) is 2.41. The van der Waals surface area contributed by atoms with Gasteiger partial charge in [0.05, 0.1) is 0 Å². The Hall–Kier alpha value is -1.55. The van der Waals surface area contributed by atoms with Crippen LogP contribution in [-0.4, -0.2) is 17.6 Å². The second-order valence-corrected chi connectivity index (χ2v) is 5.30. The van der Waals surface area contributed by atoms with Gasteiger partial charge < -0.3 is 16.3 Å². The molecule has 4 heteroatoms. The molecule has 1 aromatic carbocycles. The number of rotatable bonds is 7. The van der Waals surface area contributed by atoms with Crippen molar-refractivity contribution in [3.63, 3.8) is 0 Å². The molecule has 2 rings (SSSR count). The summed E-state index contributed by atoms with van der Waals surface area (Å²) in [6.45, 7) is 0.989. The van der Waals surface area contributed by atoms with E-state index in [1.807, 2.05) is 18.2 Å². The van der Waals surface area contributed by atoms with E-state index in [-0.39, 0.29) is 11.9 Å². The molecule has 0 spiro atoms. The summed E-state index contributed by atoms with van der Waals surface area (Å²) < 4.78 is 0. The van der Waals surface area contributed by atoms with Crippen molar-refractivity contribution in [2.75, 3.05) is 6.54 Å². The van der Waals surface area contributed by atoms with Gasteiger partial charge in [-0.25, -0.2) is 0 Å². The third kappa shape index (κ3) is 4.24. The van der Waals surface area contributed by atoms with E-state index in [1.54, 1.807) is 0 Å². The van der Waals surface area contributed by atoms with Crippen molar-refractivity contribution in [1.29, 1.82) is 0 Å². The van der Waals surface area contributed by atoms with Gasteiger partial charge in [-0.05, 0) is 24.4 Å². The maximum Gasteiger partial charge on any atom is 0.141 e. The van der Waals surface area contributed by atoms with Gasteiger partial charge >= 0.3 is 0 Å². The van der Waals surface area contributed by atoms with E-state index in [2.05, 4.69) is 22.6 Å². The van der Waals surface area contributed by atoms with Gasteiger partial charge in [-0.3, -0.25) is 0 Å². The second-order valence-electron chi connectivity index (χ2n) is 5.30. The first-order valence-corrected chi connectivity index (χ1v) is 7.04. The van der Waals surface area contributed by atoms with E-state index in [4.69, 9.17) is 10.9 Å². The third-order valence-corrected chi connectivity index (χ3v) is 3.91. The molecule has 1 unspecified atom stereocenters. The van der Waals surface area contributed by atoms with E-state index in [0.29, 0.717) is 6.42 Å². The minimum absolute atomic E-state index is 0.122. The van der Waals surface area contributed by atoms with Crippen molar-refractivity contribution in [3.8, 4) is 0 Å². The van der Waals surface area contributed by atoms with Crippen LogP contribution >= 0.6 is 0 Å². The van der Waals surface area contributed by atoms with Crippen LogP contribution < -0.4 is 11.1 Å². The highest BCUT2D eigenvalue weighted by atomic mass is 16.4. The van der Waals surface area contributed by atoms with E-state index in [1.165, 1.54) is 31.2 Å². The van der Waals surface area contributed by atoms with Crippen molar-refractivity contribution >= 4 is 5.84 Å². The Morgan fingerprint density at radius 1 is 1.37 bits per heavy atom. The van der Waals surface area contributed by atoms with Crippen LogP contribution in [0.25, 0.3) is 0 Å². The highest BCUT2D eigenvalue weighted by molar-refractivity contribution is 5.80. The third-order valence-electron chi connectivity index (χ3n) is 3.91. The first kappa shape index (κ1) is 13.9. The molecule has 1 aliphatic carbocycles. The molecule has 104 valence electrons. The lowest BCUT2D eigenvalue weighted by Gasteiger charge is -2.26. The van der Waals surface area contributed by atoms with Gasteiger partial charge in [-0.2, -0.15) is 0 Å². The molecule has 0 aromatic heterocycles. The highest BCUT2D eigenvalue weighted by Gasteiger charge is 2.18. The molecule has 0 bridgehead atoms. The summed E-state index contributed by atoms with van der Waals surface area (Å²) in [5.41, 5.74) is 6.82. The summed E-state index contributed by atoms with van der Waals surface area (Å²) in [6, 6.07) is 10.3. The van der Waals surface area contributed by atoms with Crippen LogP contribution in [0.15, 0.2) is 35.5 Å². The largest absolute Gasteiger partial charge is 0.409 e. The minimum atomic E-state index is 0.122. The second kappa shape index (κ2) is 7.14. The minimum Gasteiger partial charge on any atom is -0.409 e. The molecule has 19 heavy (non-hydrogen) atoms. The van der Waals surface area contributed by atoms with Gasteiger partial charge in [0, 0.05) is 12.5 Å². The molecule has 0 radical (unpaired) electrons. The molecule has 4 N–H and O–H groups in total. The van der Waals surface area contributed by atoms with Crippen LogP contribution in [0, 0.1) is 5.92 Å². The van der Waals surface area contributed by atoms with Crippen LogP contribution in [0.2, 0.25) is 0 Å². The van der Waals surface area contributed by atoms with Crippen LogP contribution in [0.4, 0.5) is 0 Å². The van der Waals surface area contributed by atoms with Crippen LogP contribution in [0.1, 0.15) is 43.7 Å². The number of amidine groups is 1. The molecule has 0 heterocycles. The van der Waals surface area contributed by atoms with Gasteiger partial charge in [-0.1, -0.05) is 54.8 Å². The molecule has 4 nitrogen and oxygen atoms in total. The molecular formula is C15H23N3O. The summed E-state index contributed by atoms with van der Waals surface area (Å²) in [7, 11) is 0. The van der Waals surface area contributed by atoms with E-state index >= 15 is 0 Å². The number of nitrogens with one attached hydrogen (secondary N) is 1. The Kier molecular flexibility index (Phi) is 5.21. The van der Waals surface area contributed by atoms with Gasteiger partial charge in [0.2, 0.25) is 0 Å². The number of oxime groups is 1. The van der Waals surface area contributed by atoms with Crippen molar-refractivity contribution in [2.24, 2.45) is 16.8 Å². The Balaban J connectivity index is 1.89. The molecule has 0 amide bonds. The Labute approximate surface area is 114 Å². The Bertz CT molecular complexity index is 401. The Morgan fingerprint density at radius 2 is 2.11 bits per heavy atom. The van der Waals surface area contributed by atoms with Crippen molar-refractivity contribution in [1.82, 2.24) is 5.32 Å². The summed E-state index contributed by atoms with van der Waals surface area (Å²) >= 11 is 0. The standard InChI is InChI=1S/C15H23N3O/c16-15(18-19)11-14(13-7-2-1-3-8-13)17-10-9-12-5-4-6-12/h1-3,7-8,12,14,17,19H,4-6,9-11H2,(H2,16,18). The van der Waals surface area contributed by atoms with E-state index in [0.717, 1.165) is 12.5 Å². The molecule has 0 aliphatic heterocycles. The lowest BCUT2D eigenvalue weighted by molar-refractivity contribution is 0.287. The molecule has 1 atom stereocenters. The average molecular weight is 261 g/mol. The molecule has 0 saturated heterocycles. The summed E-state index contributed by atoms with van der Waals surface area (Å²) in [5, 5.41) is 15.3. The zero-order valence-electron chi connectivity index (χ0n) is 11.3. The molecular weight excluding hydrogens is 238 g/mol. The predicted molar refractivity (Wildman–Crippen MR) is 77.2 cm³/mol. The zero-order chi connectivity index (χ0) is 13.5. The number of hydrogen-bond acceptors (Lipinski definition) is 3. The smallest absolute Gasteiger partial charge is 0.141 e. The van der Waals surface area contributed by atoms with Crippen molar-refractivity contribution in [3.05, 3.63) is 35.9 Å². The van der Waals surface area contributed by atoms with Crippen molar-refractivity contribution in [2.45, 2.75) is 38.1 Å². The van der Waals surface area contributed by atoms with Crippen LogP contribution in [0.5, 0.6) is 0 Å². The molecule has 1 aliphatic rings. The monoisotopic (exact) mass is 261 g/mol. The molecule has 1 saturated carbocycles. The van der Waals surface area contributed by atoms with Crippen molar-refractivity contribution < 1.29 is 5.21 Å². The normalized spacial score (nSPS) is 18.0. The quantitative estimate of drug-likeness (QED) is 0.306. The number of hydrogen-bond donors (Lipinski definition) is 3. The number of benzene rings is 1. The lowest BCUT2D eigenvalue weighted by Crippen LogP contribution is -2.29. The maximum absolute atomic E-state index is 8.73. The summed E-state index contributed by atoms with van der Waals surface area (Å²) in [6.07, 6.45) is 5.89. The van der Waals surface area contributed by atoms with E-state index < -0.39 is 0 Å². The summed E-state index contributed by atoms with van der Waals surface area (Å²) in [5.74, 6) is 1.16. The first-order chi connectivity index (χ1) is 9.29. The molecule has 1 aromatic rings. The lowest BCUT2D eigenvalue weighted by atomic mass is 9.83. The fourth-order valence-electron chi connectivity index (χ4n) is 2.49. The van der Waals surface area contributed by atoms with Crippen LogP contribution in [0.3, 0.4) is 0 Å². The maximum atomic E-state index is 8.73. The predicted octanol–water partition coefficient (Wildman–Crippen LogP) is 2.64. The van der Waals surface area contributed by atoms with Gasteiger partial charge in [0.1, 0.15) is 5.84 Å². The molecule has 1 fully saturated rings. The van der Waals surface area contributed by atoms with Gasteiger partial charge in [-0.15, -0.1) is 0 Å². The van der Waals surface area contributed by atoms with Gasteiger partial charge in [0.15, 0.2) is 0 Å². The van der Waals surface area contributed by atoms with Gasteiger partial charge in [0.25, 0.3) is 0 Å². The highest BCUT2D eigenvalue weighted by Crippen LogP contribution is 2.29. The fourth-order valence-corrected chi connectivity index (χ4v) is 2.49. The topological polar surface area (TPSA) is 70.6 Å².